The second kappa shape index (κ2) is 6.35. The van der Waals surface area contributed by atoms with Crippen LogP contribution < -0.4 is 5.32 Å². The molecular weight excluding hydrogens is 254 g/mol. The number of aromatic nitrogens is 2. The average molecular weight is 277 g/mol. The van der Waals surface area contributed by atoms with Crippen LogP contribution in [0, 0.1) is 19.8 Å². The molecule has 104 valence electrons. The molecule has 0 atom stereocenters. The SMILES string of the molecule is Cc1sc(CNCC(C)C)cc1Cn1ccnc1C. The first-order valence-electron chi connectivity index (χ1n) is 6.83. The maximum Gasteiger partial charge on any atom is 0.105 e. The highest BCUT2D eigenvalue weighted by atomic mass is 32.1. The molecule has 0 radical (unpaired) electrons. The van der Waals surface area contributed by atoms with Gasteiger partial charge in [-0.05, 0) is 37.9 Å². The van der Waals surface area contributed by atoms with E-state index in [-0.39, 0.29) is 0 Å². The molecule has 0 spiro atoms. The topological polar surface area (TPSA) is 29.9 Å². The summed E-state index contributed by atoms with van der Waals surface area (Å²) in [6.45, 7) is 11.7. The summed E-state index contributed by atoms with van der Waals surface area (Å²) < 4.78 is 2.19. The quantitative estimate of drug-likeness (QED) is 0.877. The van der Waals surface area contributed by atoms with Crippen molar-refractivity contribution >= 4 is 11.3 Å². The molecule has 0 aromatic carbocycles. The fourth-order valence-electron chi connectivity index (χ4n) is 2.07. The zero-order chi connectivity index (χ0) is 13.8. The van der Waals surface area contributed by atoms with Gasteiger partial charge in [0.15, 0.2) is 0 Å². The molecule has 0 aliphatic rings. The molecule has 4 heteroatoms. The van der Waals surface area contributed by atoms with E-state index in [1.54, 1.807) is 0 Å². The molecular formula is C15H23N3S. The number of hydrogen-bond donors (Lipinski definition) is 1. The lowest BCUT2D eigenvalue weighted by Crippen LogP contribution is -2.18. The van der Waals surface area contributed by atoms with Crippen LogP contribution in [0.2, 0.25) is 0 Å². The number of nitrogens with one attached hydrogen (secondary N) is 1. The van der Waals surface area contributed by atoms with Crippen LogP contribution in [0.4, 0.5) is 0 Å². The second-order valence-corrected chi connectivity index (χ2v) is 6.76. The fraction of sp³-hybridized carbons (Fsp3) is 0.533. The third-order valence-electron chi connectivity index (χ3n) is 3.19. The Balaban J connectivity index is 1.99. The molecule has 2 heterocycles. The van der Waals surface area contributed by atoms with Gasteiger partial charge in [-0.3, -0.25) is 0 Å². The standard InChI is InChI=1S/C15H23N3S/c1-11(2)8-16-9-15-7-14(12(3)19-15)10-18-6-5-17-13(18)4/h5-7,11,16H,8-10H2,1-4H3. The Bertz CT molecular complexity index is 525. The number of nitrogens with zero attached hydrogens (tertiary/aromatic N) is 2. The van der Waals surface area contributed by atoms with Gasteiger partial charge in [0.1, 0.15) is 5.82 Å². The second-order valence-electron chi connectivity index (χ2n) is 5.42. The highest BCUT2D eigenvalue weighted by Gasteiger charge is 2.07. The highest BCUT2D eigenvalue weighted by molar-refractivity contribution is 7.12. The van der Waals surface area contributed by atoms with Gasteiger partial charge in [-0.2, -0.15) is 0 Å². The summed E-state index contributed by atoms with van der Waals surface area (Å²) >= 11 is 1.90. The molecule has 0 unspecified atom stereocenters. The Morgan fingerprint density at radius 2 is 2.16 bits per heavy atom. The molecule has 0 aliphatic carbocycles. The van der Waals surface area contributed by atoms with E-state index >= 15 is 0 Å². The normalized spacial score (nSPS) is 11.4. The maximum atomic E-state index is 4.27. The van der Waals surface area contributed by atoms with Crippen LogP contribution in [-0.4, -0.2) is 16.1 Å². The van der Waals surface area contributed by atoms with Crippen molar-refractivity contribution < 1.29 is 0 Å². The van der Waals surface area contributed by atoms with Gasteiger partial charge in [0.2, 0.25) is 0 Å². The predicted molar refractivity (Wildman–Crippen MR) is 81.7 cm³/mol. The summed E-state index contributed by atoms with van der Waals surface area (Å²) in [6.07, 6.45) is 3.91. The van der Waals surface area contributed by atoms with E-state index in [4.69, 9.17) is 0 Å². The lowest BCUT2D eigenvalue weighted by atomic mass is 10.2. The number of imidazole rings is 1. The van der Waals surface area contributed by atoms with E-state index in [1.807, 2.05) is 30.7 Å². The van der Waals surface area contributed by atoms with Crippen LogP contribution in [0.15, 0.2) is 18.5 Å². The monoisotopic (exact) mass is 277 g/mol. The molecule has 2 aromatic heterocycles. The number of thiophene rings is 1. The number of hydrogen-bond acceptors (Lipinski definition) is 3. The molecule has 0 aliphatic heterocycles. The minimum atomic E-state index is 0.703. The van der Waals surface area contributed by atoms with Crippen molar-refractivity contribution in [2.75, 3.05) is 6.54 Å². The van der Waals surface area contributed by atoms with Crippen LogP contribution in [-0.2, 0) is 13.1 Å². The van der Waals surface area contributed by atoms with Crippen LogP contribution in [0.1, 0.15) is 35.0 Å². The number of aryl methyl sites for hydroxylation is 2. The Kier molecular flexibility index (Phi) is 4.77. The summed E-state index contributed by atoms with van der Waals surface area (Å²) in [5.41, 5.74) is 1.41. The van der Waals surface area contributed by atoms with Gasteiger partial charge in [0.25, 0.3) is 0 Å². The first kappa shape index (κ1) is 14.3. The maximum absolute atomic E-state index is 4.27. The number of rotatable bonds is 6. The summed E-state index contributed by atoms with van der Waals surface area (Å²) in [4.78, 5) is 7.11. The summed E-state index contributed by atoms with van der Waals surface area (Å²) in [6, 6.07) is 2.33. The Labute approximate surface area is 119 Å². The smallest absolute Gasteiger partial charge is 0.105 e. The minimum absolute atomic E-state index is 0.703. The van der Waals surface area contributed by atoms with Gasteiger partial charge in [-0.15, -0.1) is 11.3 Å². The van der Waals surface area contributed by atoms with Crippen LogP contribution in [0.3, 0.4) is 0 Å². The van der Waals surface area contributed by atoms with Crippen molar-refractivity contribution in [3.63, 3.8) is 0 Å². The van der Waals surface area contributed by atoms with Crippen molar-refractivity contribution in [3.8, 4) is 0 Å². The van der Waals surface area contributed by atoms with E-state index in [9.17, 15) is 0 Å². The van der Waals surface area contributed by atoms with Gasteiger partial charge in [0, 0.05) is 35.2 Å². The van der Waals surface area contributed by atoms with E-state index in [0.29, 0.717) is 5.92 Å². The molecule has 0 saturated carbocycles. The fourth-order valence-corrected chi connectivity index (χ4v) is 3.09. The van der Waals surface area contributed by atoms with Crippen LogP contribution in [0.25, 0.3) is 0 Å². The first-order chi connectivity index (χ1) is 9.06. The highest BCUT2D eigenvalue weighted by Crippen LogP contribution is 2.22. The van der Waals surface area contributed by atoms with E-state index in [0.717, 1.165) is 25.5 Å². The Morgan fingerprint density at radius 1 is 1.37 bits per heavy atom. The van der Waals surface area contributed by atoms with Crippen molar-refractivity contribution in [3.05, 3.63) is 39.6 Å². The Hall–Kier alpha value is -1.13. The molecule has 0 amide bonds. The third kappa shape index (κ3) is 3.91. The van der Waals surface area contributed by atoms with E-state index in [1.165, 1.54) is 15.3 Å². The largest absolute Gasteiger partial charge is 0.331 e. The molecule has 3 nitrogen and oxygen atoms in total. The van der Waals surface area contributed by atoms with Crippen LogP contribution >= 0.6 is 11.3 Å². The van der Waals surface area contributed by atoms with Gasteiger partial charge < -0.3 is 9.88 Å². The molecule has 19 heavy (non-hydrogen) atoms. The lowest BCUT2D eigenvalue weighted by Gasteiger charge is -2.05. The Morgan fingerprint density at radius 3 is 2.79 bits per heavy atom. The minimum Gasteiger partial charge on any atom is -0.331 e. The van der Waals surface area contributed by atoms with Crippen molar-refractivity contribution in [2.24, 2.45) is 5.92 Å². The molecule has 0 fully saturated rings. The first-order valence-corrected chi connectivity index (χ1v) is 7.64. The van der Waals surface area contributed by atoms with Gasteiger partial charge >= 0.3 is 0 Å². The molecule has 1 N–H and O–H groups in total. The molecule has 2 aromatic rings. The molecule has 0 saturated heterocycles. The molecule has 0 bridgehead atoms. The predicted octanol–water partition coefficient (Wildman–Crippen LogP) is 3.36. The summed E-state index contributed by atoms with van der Waals surface area (Å²) in [5, 5.41) is 3.50. The van der Waals surface area contributed by atoms with Gasteiger partial charge in [-0.25, -0.2) is 4.98 Å². The van der Waals surface area contributed by atoms with Gasteiger partial charge in [0.05, 0.1) is 0 Å². The average Bonchev–Trinajstić information content (AvgIpc) is 2.87. The van der Waals surface area contributed by atoms with Crippen LogP contribution in [0.5, 0.6) is 0 Å². The van der Waals surface area contributed by atoms with E-state index in [2.05, 4.69) is 41.7 Å². The third-order valence-corrected chi connectivity index (χ3v) is 4.28. The van der Waals surface area contributed by atoms with E-state index < -0.39 is 0 Å². The van der Waals surface area contributed by atoms with Crippen molar-refractivity contribution in [2.45, 2.75) is 40.8 Å². The zero-order valence-corrected chi connectivity index (χ0v) is 13.0. The van der Waals surface area contributed by atoms with Gasteiger partial charge in [-0.1, -0.05) is 13.8 Å². The zero-order valence-electron chi connectivity index (χ0n) is 12.2. The molecule has 2 rings (SSSR count). The summed E-state index contributed by atoms with van der Waals surface area (Å²) in [5.74, 6) is 1.78. The van der Waals surface area contributed by atoms with Crippen molar-refractivity contribution in [1.82, 2.24) is 14.9 Å². The van der Waals surface area contributed by atoms with Crippen molar-refractivity contribution in [1.29, 1.82) is 0 Å². The lowest BCUT2D eigenvalue weighted by molar-refractivity contribution is 0.554. The summed E-state index contributed by atoms with van der Waals surface area (Å²) in [7, 11) is 0.